The number of aromatic nitrogens is 1. The van der Waals surface area contributed by atoms with Gasteiger partial charge in [0.1, 0.15) is 5.52 Å². The topological polar surface area (TPSA) is 55.3 Å². The smallest absolute Gasteiger partial charge is 0.209 e. The van der Waals surface area contributed by atoms with Gasteiger partial charge in [-0.3, -0.25) is 4.90 Å². The fraction of sp³-hybridized carbons (Fsp3) is 0.533. The van der Waals surface area contributed by atoms with E-state index in [0.29, 0.717) is 0 Å². The third-order valence-electron chi connectivity index (χ3n) is 3.76. The lowest BCUT2D eigenvalue weighted by molar-refractivity contribution is 0.125. The fourth-order valence-electron chi connectivity index (χ4n) is 3.17. The summed E-state index contributed by atoms with van der Waals surface area (Å²) < 4.78 is 5.79. The summed E-state index contributed by atoms with van der Waals surface area (Å²) in [5.41, 5.74) is 8.17. The van der Waals surface area contributed by atoms with Gasteiger partial charge in [0.25, 0.3) is 0 Å². The molecule has 0 bridgehead atoms. The first kappa shape index (κ1) is 12.5. The first-order valence-electron chi connectivity index (χ1n) is 6.97. The van der Waals surface area contributed by atoms with Crippen molar-refractivity contribution in [2.45, 2.75) is 26.8 Å². The van der Waals surface area contributed by atoms with Gasteiger partial charge in [-0.25, -0.2) is 4.98 Å². The summed E-state index contributed by atoms with van der Waals surface area (Å²) in [4.78, 5) is 6.97. The van der Waals surface area contributed by atoms with Crippen LogP contribution in [0.1, 0.15) is 26.2 Å². The minimum absolute atomic E-state index is 0.729. The number of fused-ring (bicyclic) bond motifs is 1. The van der Waals surface area contributed by atoms with Crippen molar-refractivity contribution in [1.82, 2.24) is 9.88 Å². The van der Waals surface area contributed by atoms with Crippen LogP contribution in [0.4, 0.5) is 5.69 Å². The molecule has 0 spiro atoms. The molecule has 19 heavy (non-hydrogen) atoms. The molecule has 0 saturated carbocycles. The van der Waals surface area contributed by atoms with Gasteiger partial charge < -0.3 is 10.2 Å². The second-order valence-electron chi connectivity index (χ2n) is 5.97. The van der Waals surface area contributed by atoms with Crippen molar-refractivity contribution in [1.29, 1.82) is 0 Å². The van der Waals surface area contributed by atoms with Gasteiger partial charge in [-0.15, -0.1) is 0 Å². The Hall–Kier alpha value is -1.55. The average molecular weight is 259 g/mol. The number of hydrogen-bond acceptors (Lipinski definition) is 4. The van der Waals surface area contributed by atoms with Crippen molar-refractivity contribution in [2.24, 2.45) is 11.8 Å². The maximum absolute atomic E-state index is 5.79. The number of nitrogens with zero attached hydrogens (tertiary/aromatic N) is 2. The molecule has 2 N–H and O–H groups in total. The molecular formula is C15H21N3O. The van der Waals surface area contributed by atoms with Gasteiger partial charge in [0.15, 0.2) is 5.58 Å². The second kappa shape index (κ2) is 4.85. The third-order valence-corrected chi connectivity index (χ3v) is 3.76. The summed E-state index contributed by atoms with van der Waals surface area (Å²) >= 11 is 0. The molecule has 102 valence electrons. The molecular weight excluding hydrogens is 238 g/mol. The molecule has 1 saturated heterocycles. The maximum atomic E-state index is 5.79. The van der Waals surface area contributed by atoms with Crippen LogP contribution in [0.3, 0.4) is 0 Å². The molecule has 1 aromatic heterocycles. The molecule has 4 nitrogen and oxygen atoms in total. The zero-order valence-electron chi connectivity index (χ0n) is 11.6. The highest BCUT2D eigenvalue weighted by Crippen LogP contribution is 2.24. The predicted molar refractivity (Wildman–Crippen MR) is 76.6 cm³/mol. The van der Waals surface area contributed by atoms with E-state index < -0.39 is 0 Å². The van der Waals surface area contributed by atoms with Crippen LogP contribution in [-0.4, -0.2) is 23.0 Å². The Morgan fingerprint density at radius 1 is 1.32 bits per heavy atom. The van der Waals surface area contributed by atoms with E-state index in [-0.39, 0.29) is 0 Å². The lowest BCUT2D eigenvalue weighted by Gasteiger charge is -2.34. The standard InChI is InChI=1S/C15H21N3O/c1-10-5-11(2)8-18(7-10)9-15-17-13-6-12(16)3-4-14(13)19-15/h3-4,6,10-11H,5,7-9,16H2,1-2H3. The first-order chi connectivity index (χ1) is 9.10. The molecule has 1 aliphatic rings. The minimum atomic E-state index is 0.729. The number of benzene rings is 1. The number of rotatable bonds is 2. The summed E-state index contributed by atoms with van der Waals surface area (Å²) in [6.07, 6.45) is 1.32. The summed E-state index contributed by atoms with van der Waals surface area (Å²) in [5, 5.41) is 0. The van der Waals surface area contributed by atoms with Gasteiger partial charge in [0, 0.05) is 18.8 Å². The van der Waals surface area contributed by atoms with Crippen molar-refractivity contribution in [3.63, 3.8) is 0 Å². The van der Waals surface area contributed by atoms with Crippen LogP contribution < -0.4 is 5.73 Å². The van der Waals surface area contributed by atoms with Gasteiger partial charge in [-0.1, -0.05) is 13.8 Å². The Morgan fingerprint density at radius 2 is 2.05 bits per heavy atom. The molecule has 3 rings (SSSR count). The largest absolute Gasteiger partial charge is 0.439 e. The van der Waals surface area contributed by atoms with E-state index in [4.69, 9.17) is 10.2 Å². The van der Waals surface area contributed by atoms with Gasteiger partial charge in [-0.2, -0.15) is 0 Å². The molecule has 1 aliphatic heterocycles. The lowest BCUT2D eigenvalue weighted by atomic mass is 9.92. The maximum Gasteiger partial charge on any atom is 0.209 e. The van der Waals surface area contributed by atoms with Crippen LogP contribution in [0.15, 0.2) is 22.6 Å². The molecule has 2 unspecified atom stereocenters. The number of likely N-dealkylation sites (tertiary alicyclic amines) is 1. The van der Waals surface area contributed by atoms with Crippen molar-refractivity contribution in [2.75, 3.05) is 18.8 Å². The van der Waals surface area contributed by atoms with E-state index in [2.05, 4.69) is 23.7 Å². The van der Waals surface area contributed by atoms with Crippen LogP contribution >= 0.6 is 0 Å². The molecule has 1 aromatic carbocycles. The highest BCUT2D eigenvalue weighted by Gasteiger charge is 2.23. The summed E-state index contributed by atoms with van der Waals surface area (Å²) in [6, 6.07) is 5.61. The third kappa shape index (κ3) is 2.73. The average Bonchev–Trinajstić information content (AvgIpc) is 2.68. The monoisotopic (exact) mass is 259 g/mol. The number of anilines is 1. The van der Waals surface area contributed by atoms with Gasteiger partial charge in [0.2, 0.25) is 5.89 Å². The van der Waals surface area contributed by atoms with E-state index in [9.17, 15) is 0 Å². The van der Waals surface area contributed by atoms with E-state index in [0.717, 1.165) is 54.1 Å². The van der Waals surface area contributed by atoms with Crippen LogP contribution in [0.2, 0.25) is 0 Å². The molecule has 4 heteroatoms. The molecule has 0 amide bonds. The Morgan fingerprint density at radius 3 is 2.79 bits per heavy atom. The van der Waals surface area contributed by atoms with Crippen LogP contribution in [0.25, 0.3) is 11.1 Å². The van der Waals surface area contributed by atoms with E-state index in [1.165, 1.54) is 6.42 Å². The zero-order valence-corrected chi connectivity index (χ0v) is 11.6. The van der Waals surface area contributed by atoms with Gasteiger partial charge >= 0.3 is 0 Å². The van der Waals surface area contributed by atoms with E-state index in [1.54, 1.807) is 0 Å². The number of piperidine rings is 1. The first-order valence-corrected chi connectivity index (χ1v) is 6.97. The Kier molecular flexibility index (Phi) is 3.19. The number of oxazole rings is 1. The van der Waals surface area contributed by atoms with E-state index in [1.807, 2.05) is 18.2 Å². The predicted octanol–water partition coefficient (Wildman–Crippen LogP) is 2.89. The Bertz CT molecular complexity index is 568. The minimum Gasteiger partial charge on any atom is -0.439 e. The highest BCUT2D eigenvalue weighted by atomic mass is 16.3. The van der Waals surface area contributed by atoms with Crippen molar-refractivity contribution in [3.8, 4) is 0 Å². The number of hydrogen-bond donors (Lipinski definition) is 1. The highest BCUT2D eigenvalue weighted by molar-refractivity contribution is 5.76. The van der Waals surface area contributed by atoms with Crippen molar-refractivity contribution < 1.29 is 4.42 Å². The fourth-order valence-corrected chi connectivity index (χ4v) is 3.17. The van der Waals surface area contributed by atoms with Crippen molar-refractivity contribution in [3.05, 3.63) is 24.1 Å². The normalized spacial score (nSPS) is 24.9. The number of nitrogen functional groups attached to an aromatic ring is 1. The lowest BCUT2D eigenvalue weighted by Crippen LogP contribution is -2.38. The molecule has 1 fully saturated rings. The van der Waals surface area contributed by atoms with Crippen LogP contribution in [0.5, 0.6) is 0 Å². The Labute approximate surface area is 113 Å². The van der Waals surface area contributed by atoms with Crippen LogP contribution in [-0.2, 0) is 6.54 Å². The number of nitrogens with two attached hydrogens (primary N) is 1. The molecule has 0 aliphatic carbocycles. The molecule has 2 atom stereocenters. The van der Waals surface area contributed by atoms with Gasteiger partial charge in [0.05, 0.1) is 6.54 Å². The summed E-state index contributed by atoms with van der Waals surface area (Å²) in [6.45, 7) is 7.69. The quantitative estimate of drug-likeness (QED) is 0.843. The zero-order chi connectivity index (χ0) is 13.4. The molecule has 2 aromatic rings. The van der Waals surface area contributed by atoms with Crippen molar-refractivity contribution >= 4 is 16.8 Å². The SMILES string of the molecule is CC1CC(C)CN(Cc2nc3cc(N)ccc3o2)C1. The summed E-state index contributed by atoms with van der Waals surface area (Å²) in [7, 11) is 0. The Balaban J connectivity index is 1.77. The second-order valence-corrected chi connectivity index (χ2v) is 5.97. The van der Waals surface area contributed by atoms with E-state index >= 15 is 0 Å². The summed E-state index contributed by atoms with van der Waals surface area (Å²) in [5.74, 6) is 2.30. The molecule has 2 heterocycles. The van der Waals surface area contributed by atoms with Gasteiger partial charge in [-0.05, 0) is 36.5 Å². The van der Waals surface area contributed by atoms with Crippen LogP contribution in [0, 0.1) is 11.8 Å². The molecule has 0 radical (unpaired) electrons.